The SMILES string of the molecule is CCOC(=O)c1c2c(nn1CC(=O)NCC(=O)CC)C(O)CCC2. The molecule has 0 saturated heterocycles. The van der Waals surface area contributed by atoms with Crippen LogP contribution in [0.1, 0.15) is 61.0 Å². The van der Waals surface area contributed by atoms with Crippen molar-refractivity contribution in [3.8, 4) is 0 Å². The van der Waals surface area contributed by atoms with E-state index in [0.717, 1.165) is 6.42 Å². The van der Waals surface area contributed by atoms with Crippen LogP contribution in [0.3, 0.4) is 0 Å². The maximum absolute atomic E-state index is 12.2. The Morgan fingerprint density at radius 3 is 2.79 bits per heavy atom. The molecule has 0 aliphatic heterocycles. The van der Waals surface area contributed by atoms with E-state index in [1.54, 1.807) is 13.8 Å². The number of ketones is 1. The molecular weight excluding hydrogens is 314 g/mol. The van der Waals surface area contributed by atoms with Crippen molar-refractivity contribution in [2.75, 3.05) is 13.2 Å². The van der Waals surface area contributed by atoms with Gasteiger partial charge in [-0.1, -0.05) is 6.92 Å². The Bertz CT molecular complexity index is 638. The number of rotatable bonds is 7. The van der Waals surface area contributed by atoms with E-state index in [0.29, 0.717) is 30.5 Å². The summed E-state index contributed by atoms with van der Waals surface area (Å²) < 4.78 is 6.33. The van der Waals surface area contributed by atoms with Crippen molar-refractivity contribution in [1.82, 2.24) is 15.1 Å². The number of hydrogen-bond donors (Lipinski definition) is 2. The molecule has 24 heavy (non-hydrogen) atoms. The second kappa shape index (κ2) is 8.05. The number of aromatic nitrogens is 2. The highest BCUT2D eigenvalue weighted by Gasteiger charge is 2.31. The van der Waals surface area contributed by atoms with Gasteiger partial charge in [0.15, 0.2) is 11.5 Å². The van der Waals surface area contributed by atoms with Crippen molar-refractivity contribution in [2.24, 2.45) is 0 Å². The Hall–Kier alpha value is -2.22. The molecule has 0 bridgehead atoms. The minimum Gasteiger partial charge on any atom is -0.461 e. The number of Topliss-reactive ketones (excluding diaryl/α,β-unsaturated/α-hetero) is 1. The second-order valence-electron chi connectivity index (χ2n) is 5.67. The van der Waals surface area contributed by atoms with Gasteiger partial charge in [0, 0.05) is 12.0 Å². The molecule has 1 unspecified atom stereocenters. The number of nitrogens with one attached hydrogen (secondary N) is 1. The summed E-state index contributed by atoms with van der Waals surface area (Å²) in [5, 5.41) is 16.8. The van der Waals surface area contributed by atoms with Crippen molar-refractivity contribution in [1.29, 1.82) is 0 Å². The molecule has 1 atom stereocenters. The number of carbonyl (C=O) groups is 3. The normalized spacial score (nSPS) is 16.4. The number of aliphatic hydroxyl groups excluding tert-OH is 1. The van der Waals surface area contributed by atoms with Crippen molar-refractivity contribution in [3.63, 3.8) is 0 Å². The van der Waals surface area contributed by atoms with E-state index >= 15 is 0 Å². The maximum atomic E-state index is 12.2. The van der Waals surface area contributed by atoms with Gasteiger partial charge in [0.25, 0.3) is 0 Å². The lowest BCUT2D eigenvalue weighted by Crippen LogP contribution is -2.33. The van der Waals surface area contributed by atoms with Gasteiger partial charge in [-0.3, -0.25) is 9.59 Å². The standard InChI is InChI=1S/C16H23N3O5/c1-3-10(20)8-17-13(22)9-19-15(16(23)24-4-2)11-6-5-7-12(21)14(11)18-19/h12,21H,3-9H2,1-2H3,(H,17,22). The van der Waals surface area contributed by atoms with Crippen molar-refractivity contribution < 1.29 is 24.2 Å². The van der Waals surface area contributed by atoms with Gasteiger partial charge in [0.1, 0.15) is 6.54 Å². The minimum atomic E-state index is -0.743. The molecule has 132 valence electrons. The lowest BCUT2D eigenvalue weighted by atomic mass is 9.93. The first-order valence-corrected chi connectivity index (χ1v) is 8.21. The number of nitrogens with zero attached hydrogens (tertiary/aromatic N) is 2. The topological polar surface area (TPSA) is 111 Å². The van der Waals surface area contributed by atoms with Gasteiger partial charge < -0.3 is 15.2 Å². The number of hydrogen-bond acceptors (Lipinski definition) is 6. The zero-order valence-corrected chi connectivity index (χ0v) is 14.0. The Morgan fingerprint density at radius 2 is 2.12 bits per heavy atom. The summed E-state index contributed by atoms with van der Waals surface area (Å²) in [6, 6.07) is 0. The van der Waals surface area contributed by atoms with Crippen LogP contribution < -0.4 is 5.32 Å². The Balaban J connectivity index is 2.23. The fourth-order valence-electron chi connectivity index (χ4n) is 2.70. The molecule has 8 nitrogen and oxygen atoms in total. The Morgan fingerprint density at radius 1 is 1.38 bits per heavy atom. The third-order valence-electron chi connectivity index (χ3n) is 3.94. The van der Waals surface area contributed by atoms with Crippen LogP contribution in [0.5, 0.6) is 0 Å². The highest BCUT2D eigenvalue weighted by molar-refractivity contribution is 5.91. The average Bonchev–Trinajstić information content (AvgIpc) is 2.92. The second-order valence-corrected chi connectivity index (χ2v) is 5.67. The molecule has 2 rings (SSSR count). The molecule has 0 saturated carbocycles. The smallest absolute Gasteiger partial charge is 0.356 e. The van der Waals surface area contributed by atoms with Crippen LogP contribution in [-0.2, 0) is 27.3 Å². The highest BCUT2D eigenvalue weighted by Crippen LogP contribution is 2.31. The molecule has 1 aliphatic rings. The maximum Gasteiger partial charge on any atom is 0.356 e. The van der Waals surface area contributed by atoms with E-state index in [4.69, 9.17) is 4.74 Å². The molecule has 1 heterocycles. The predicted octanol–water partition coefficient (Wildman–Crippen LogP) is 0.525. The van der Waals surface area contributed by atoms with E-state index in [2.05, 4.69) is 10.4 Å². The first-order chi connectivity index (χ1) is 11.5. The fourth-order valence-corrected chi connectivity index (χ4v) is 2.70. The third kappa shape index (κ3) is 4.00. The number of amides is 1. The molecule has 0 fully saturated rings. The summed E-state index contributed by atoms with van der Waals surface area (Å²) >= 11 is 0. The number of carbonyl (C=O) groups excluding carboxylic acids is 3. The van der Waals surface area contributed by atoms with E-state index in [9.17, 15) is 19.5 Å². The summed E-state index contributed by atoms with van der Waals surface area (Å²) in [4.78, 5) is 35.6. The van der Waals surface area contributed by atoms with Gasteiger partial charge in [-0.2, -0.15) is 5.10 Å². The van der Waals surface area contributed by atoms with Gasteiger partial charge in [-0.15, -0.1) is 0 Å². The molecule has 2 N–H and O–H groups in total. The lowest BCUT2D eigenvalue weighted by molar-refractivity contribution is -0.125. The number of esters is 1. The Kier molecular flexibility index (Phi) is 6.08. The van der Waals surface area contributed by atoms with E-state index in [-0.39, 0.29) is 31.2 Å². The van der Waals surface area contributed by atoms with Gasteiger partial charge in [0.05, 0.1) is 24.9 Å². The van der Waals surface area contributed by atoms with Crippen molar-refractivity contribution >= 4 is 17.7 Å². The fraction of sp³-hybridized carbons (Fsp3) is 0.625. The predicted molar refractivity (Wildman–Crippen MR) is 84.4 cm³/mol. The van der Waals surface area contributed by atoms with Crippen molar-refractivity contribution in [2.45, 2.75) is 52.2 Å². The van der Waals surface area contributed by atoms with Crippen LogP contribution in [0.25, 0.3) is 0 Å². The highest BCUT2D eigenvalue weighted by atomic mass is 16.5. The number of aliphatic hydroxyl groups is 1. The molecule has 1 amide bonds. The van der Waals surface area contributed by atoms with Crippen LogP contribution in [0.15, 0.2) is 0 Å². The molecule has 8 heteroatoms. The first kappa shape index (κ1) is 18.1. The van der Waals surface area contributed by atoms with Crippen LogP contribution >= 0.6 is 0 Å². The summed E-state index contributed by atoms with van der Waals surface area (Å²) in [5.41, 5.74) is 1.29. The quantitative estimate of drug-likeness (QED) is 0.702. The monoisotopic (exact) mass is 337 g/mol. The van der Waals surface area contributed by atoms with Crippen LogP contribution in [0.2, 0.25) is 0 Å². The van der Waals surface area contributed by atoms with Crippen LogP contribution in [0, 0.1) is 0 Å². The number of ether oxygens (including phenoxy) is 1. The van der Waals surface area contributed by atoms with E-state index in [1.807, 2.05) is 0 Å². The van der Waals surface area contributed by atoms with Crippen LogP contribution in [0.4, 0.5) is 0 Å². The molecular formula is C16H23N3O5. The molecule has 1 aliphatic carbocycles. The Labute approximate surface area is 140 Å². The summed E-state index contributed by atoms with van der Waals surface area (Å²) in [6.45, 7) is 3.37. The van der Waals surface area contributed by atoms with Crippen molar-refractivity contribution in [3.05, 3.63) is 17.0 Å². The van der Waals surface area contributed by atoms with E-state index in [1.165, 1.54) is 4.68 Å². The summed E-state index contributed by atoms with van der Waals surface area (Å²) in [6.07, 6.45) is 1.52. The average molecular weight is 337 g/mol. The van der Waals surface area contributed by atoms with Gasteiger partial charge in [0.2, 0.25) is 5.91 Å². The van der Waals surface area contributed by atoms with Gasteiger partial charge >= 0.3 is 5.97 Å². The zero-order chi connectivity index (χ0) is 17.7. The first-order valence-electron chi connectivity index (χ1n) is 8.21. The lowest BCUT2D eigenvalue weighted by Gasteiger charge is -2.16. The van der Waals surface area contributed by atoms with E-state index < -0.39 is 18.0 Å². The minimum absolute atomic E-state index is 0.0479. The number of fused-ring (bicyclic) bond motifs is 1. The third-order valence-corrected chi connectivity index (χ3v) is 3.94. The molecule has 0 spiro atoms. The zero-order valence-electron chi connectivity index (χ0n) is 14.0. The molecule has 1 aromatic heterocycles. The summed E-state index contributed by atoms with van der Waals surface area (Å²) in [5.74, 6) is -1.06. The van der Waals surface area contributed by atoms with Gasteiger partial charge in [-0.05, 0) is 26.2 Å². The van der Waals surface area contributed by atoms with Gasteiger partial charge in [-0.25, -0.2) is 9.48 Å². The molecule has 0 aromatic carbocycles. The van der Waals surface area contributed by atoms with Crippen LogP contribution in [-0.4, -0.2) is 45.7 Å². The molecule has 1 aromatic rings. The summed E-state index contributed by atoms with van der Waals surface area (Å²) in [7, 11) is 0. The molecule has 0 radical (unpaired) electrons. The largest absolute Gasteiger partial charge is 0.461 e.